The first-order chi connectivity index (χ1) is 38.8. The van der Waals surface area contributed by atoms with Gasteiger partial charge in [-0.3, -0.25) is 38.6 Å². The summed E-state index contributed by atoms with van der Waals surface area (Å²) in [5, 5.41) is 32.0. The molecule has 4 aromatic rings. The number of nitrogens with two attached hydrogens (primary N) is 3. The molecule has 0 bridgehead atoms. The van der Waals surface area contributed by atoms with E-state index in [2.05, 4.69) is 31.2 Å². The van der Waals surface area contributed by atoms with Crippen molar-refractivity contribution in [2.24, 2.45) is 22.2 Å². The molecule has 3 aliphatic rings. The number of carboxylic acids is 2. The lowest BCUT2D eigenvalue weighted by atomic mass is 9.89. The number of benzene rings is 3. The number of aromatic amines is 1. The van der Waals surface area contributed by atoms with Crippen molar-refractivity contribution < 1.29 is 53.4 Å². The lowest BCUT2D eigenvalue weighted by Crippen LogP contribution is -2.64. The molecule has 0 aliphatic carbocycles. The molecule has 24 heteroatoms. The van der Waals surface area contributed by atoms with Crippen molar-refractivity contribution in [2.75, 3.05) is 27.2 Å². The fraction of sp³-hybridized carbons (Fsp3) is 0.474. The maximum atomic E-state index is 15.6. The van der Waals surface area contributed by atoms with Gasteiger partial charge in [0.15, 0.2) is 5.96 Å². The molecular weight excluding hydrogens is 1040 g/mol. The third kappa shape index (κ3) is 14.8. The predicted molar refractivity (Wildman–Crippen MR) is 299 cm³/mol. The molecule has 3 aromatic carbocycles. The number of carbonyl (C=O) groups is 9. The van der Waals surface area contributed by atoms with Crippen LogP contribution in [0, 0.1) is 0 Å². The summed E-state index contributed by atoms with van der Waals surface area (Å²) in [5.74, 6) is -7.32. The number of amides is 8. The summed E-state index contributed by atoms with van der Waals surface area (Å²) in [6.45, 7) is 1.90. The Hall–Kier alpha value is -8.54. The average molecular weight is 1120 g/mol. The Morgan fingerprint density at radius 3 is 1.81 bits per heavy atom. The maximum Gasteiger partial charge on any atom is 0.326 e. The molecule has 3 aliphatic heterocycles. The minimum absolute atomic E-state index is 0.00557. The predicted octanol–water partition coefficient (Wildman–Crippen LogP) is 1.35. The molecule has 0 radical (unpaired) electrons. The van der Waals surface area contributed by atoms with Crippen LogP contribution in [0.2, 0.25) is 0 Å². The summed E-state index contributed by atoms with van der Waals surface area (Å²) in [5.41, 5.74) is 22.0. The van der Waals surface area contributed by atoms with Crippen molar-refractivity contribution in [3.63, 3.8) is 0 Å². The molecule has 0 fully saturated rings. The van der Waals surface area contributed by atoms with Crippen LogP contribution in [-0.2, 0) is 77.3 Å². The van der Waals surface area contributed by atoms with Crippen LogP contribution in [0.5, 0.6) is 0 Å². The fourth-order valence-corrected chi connectivity index (χ4v) is 10.9. The Morgan fingerprint density at radius 1 is 0.642 bits per heavy atom. The van der Waals surface area contributed by atoms with E-state index in [9.17, 15) is 34.2 Å². The molecule has 4 heterocycles. The molecule has 8 amide bonds. The van der Waals surface area contributed by atoms with Gasteiger partial charge >= 0.3 is 18.0 Å². The number of hydrogen-bond donors (Lipinski definition) is 10. The number of urea groups is 1. The molecule has 24 nitrogen and oxygen atoms in total. The number of fused-ring (bicyclic) bond motifs is 5. The monoisotopic (exact) mass is 1120 g/mol. The van der Waals surface area contributed by atoms with Gasteiger partial charge in [0, 0.05) is 69.6 Å². The fourth-order valence-electron chi connectivity index (χ4n) is 10.9. The number of para-hydroxylation sites is 1. The van der Waals surface area contributed by atoms with Crippen molar-refractivity contribution in [3.8, 4) is 0 Å². The average Bonchev–Trinajstić information content (AvgIpc) is 3.87. The Labute approximate surface area is 469 Å². The van der Waals surface area contributed by atoms with Crippen LogP contribution in [0.4, 0.5) is 4.79 Å². The molecule has 1 aromatic heterocycles. The van der Waals surface area contributed by atoms with E-state index in [0.29, 0.717) is 49.0 Å². The zero-order valence-electron chi connectivity index (χ0n) is 46.0. The van der Waals surface area contributed by atoms with Gasteiger partial charge in [0.25, 0.3) is 0 Å². The Bertz CT molecular complexity index is 3010. The topological polar surface area (TPSA) is 361 Å². The van der Waals surface area contributed by atoms with Gasteiger partial charge in [0.1, 0.15) is 42.3 Å². The number of H-pyrrole nitrogens is 1. The molecule has 434 valence electrons. The van der Waals surface area contributed by atoms with E-state index in [1.54, 1.807) is 30.3 Å². The van der Waals surface area contributed by atoms with E-state index in [1.807, 2.05) is 49.4 Å². The van der Waals surface area contributed by atoms with Crippen molar-refractivity contribution >= 4 is 70.3 Å². The smallest absolute Gasteiger partial charge is 0.326 e. The highest BCUT2D eigenvalue weighted by atomic mass is 16.4. The van der Waals surface area contributed by atoms with Crippen LogP contribution in [0.1, 0.15) is 98.2 Å². The number of nitrogens with zero attached hydrogens (tertiary/aromatic N) is 5. The minimum atomic E-state index is -1.69. The van der Waals surface area contributed by atoms with E-state index in [1.165, 1.54) is 33.7 Å². The standard InChI is InChI=1S/C57H75N13O11/c1-4-5-20-40(66-57(81)67(2)3)49(73)65-43(29-48(71)72)53(77)69-31-36-18-9-7-16-34(36)27-47(69)54(78)68-30-35-17-8-6-15-33(35)26-45(68)50(74)63-41(23-14-25-61-56(59)60)52(76)70-32-44-38(37-19-10-11-21-39(37)62-44)28-46(70)51(75)64-42(55(79)80)22-12-13-24-58/h6-11,15-19,21,40-43,45-47,62H,4-5,12-14,20,22-32,58H2,1-3H3,(H,63,74)(H,64,75)(H,65,73)(H,66,81)(H,71,72)(H,79,80)(H4,59,60,61)/t40-,41-,42-,43-,45+,46?,47-/m0/s1. The SMILES string of the molecule is CCCC[C@H](NC(=O)N(C)C)C(=O)N[C@@H](CC(=O)O)C(=O)N1Cc2ccccc2C[C@H]1C(=O)N1Cc2ccccc2C[C@@H]1C(=O)N[C@@H](CCCN=C(N)N)C(=O)N1Cc2[nH]c3ccccc3c2CC1C(=O)N[C@@H](CCCCN)C(=O)O. The van der Waals surface area contributed by atoms with Crippen LogP contribution in [0.25, 0.3) is 10.9 Å². The summed E-state index contributed by atoms with van der Waals surface area (Å²) in [4.78, 5) is 140. The first-order valence-electron chi connectivity index (χ1n) is 27.5. The number of carbonyl (C=O) groups excluding carboxylic acids is 7. The lowest BCUT2D eigenvalue weighted by Gasteiger charge is -2.43. The largest absolute Gasteiger partial charge is 0.481 e. The number of rotatable bonds is 24. The van der Waals surface area contributed by atoms with Gasteiger partial charge in [-0.25, -0.2) is 9.59 Å². The zero-order chi connectivity index (χ0) is 58.5. The first-order valence-corrected chi connectivity index (χ1v) is 27.5. The molecular formula is C57H75N13O11. The quantitative estimate of drug-likeness (QED) is 0.0269. The molecule has 7 rings (SSSR count). The highest BCUT2D eigenvalue weighted by Gasteiger charge is 2.46. The Morgan fingerprint density at radius 2 is 1.20 bits per heavy atom. The molecule has 0 spiro atoms. The van der Waals surface area contributed by atoms with E-state index >= 15 is 19.2 Å². The number of aliphatic imine (C=N–C) groups is 1. The van der Waals surface area contributed by atoms with Crippen LogP contribution >= 0.6 is 0 Å². The van der Waals surface area contributed by atoms with Gasteiger partial charge in [0.2, 0.25) is 35.4 Å². The molecule has 0 saturated carbocycles. The number of unbranched alkanes of at least 4 members (excludes halogenated alkanes) is 2. The molecule has 0 saturated heterocycles. The van der Waals surface area contributed by atoms with Crippen LogP contribution in [0.15, 0.2) is 77.8 Å². The van der Waals surface area contributed by atoms with Gasteiger partial charge in [-0.2, -0.15) is 0 Å². The van der Waals surface area contributed by atoms with E-state index < -0.39 is 102 Å². The van der Waals surface area contributed by atoms with Crippen molar-refractivity contribution in [3.05, 3.63) is 106 Å². The molecule has 7 atom stereocenters. The Balaban J connectivity index is 1.23. The first kappa shape index (κ1) is 60.1. The number of aromatic nitrogens is 1. The summed E-state index contributed by atoms with van der Waals surface area (Å²) in [6.07, 6.45) is 1.64. The summed E-state index contributed by atoms with van der Waals surface area (Å²) >= 11 is 0. The third-order valence-electron chi connectivity index (χ3n) is 15.2. The van der Waals surface area contributed by atoms with E-state index in [4.69, 9.17) is 17.2 Å². The summed E-state index contributed by atoms with van der Waals surface area (Å²) in [7, 11) is 2.99. The lowest BCUT2D eigenvalue weighted by molar-refractivity contribution is -0.154. The zero-order valence-corrected chi connectivity index (χ0v) is 46.0. The highest BCUT2D eigenvalue weighted by molar-refractivity contribution is 5.99. The van der Waals surface area contributed by atoms with Gasteiger partial charge in [-0.15, -0.1) is 0 Å². The van der Waals surface area contributed by atoms with E-state index in [0.717, 1.165) is 27.6 Å². The summed E-state index contributed by atoms with van der Waals surface area (Å²) < 4.78 is 0. The number of aliphatic carboxylic acids is 2. The number of nitrogens with one attached hydrogen (secondary N) is 5. The van der Waals surface area contributed by atoms with E-state index in [-0.39, 0.29) is 77.1 Å². The van der Waals surface area contributed by atoms with Crippen LogP contribution in [0.3, 0.4) is 0 Å². The third-order valence-corrected chi connectivity index (χ3v) is 15.2. The number of hydrogen-bond acceptors (Lipinski definition) is 11. The number of guanidine groups is 1. The molecule has 13 N–H and O–H groups in total. The van der Waals surface area contributed by atoms with Gasteiger partial charge in [-0.1, -0.05) is 86.5 Å². The second kappa shape index (κ2) is 27.6. The second-order valence-electron chi connectivity index (χ2n) is 21.1. The highest BCUT2D eigenvalue weighted by Crippen LogP contribution is 2.33. The van der Waals surface area contributed by atoms with Crippen molar-refractivity contribution in [2.45, 2.75) is 146 Å². The normalized spacial score (nSPS) is 17.9. The second-order valence-corrected chi connectivity index (χ2v) is 21.1. The minimum Gasteiger partial charge on any atom is -0.481 e. The van der Waals surface area contributed by atoms with Crippen molar-refractivity contribution in [1.29, 1.82) is 0 Å². The number of carboxylic acid groups (broad SMARTS) is 2. The molecule has 1 unspecified atom stereocenters. The molecule has 81 heavy (non-hydrogen) atoms. The summed E-state index contributed by atoms with van der Waals surface area (Å²) in [6, 6.07) is 11.9. The Kier molecular flexibility index (Phi) is 20.5. The van der Waals surface area contributed by atoms with Crippen molar-refractivity contribution in [1.82, 2.24) is 45.9 Å². The van der Waals surface area contributed by atoms with Gasteiger partial charge < -0.3 is 73.3 Å². The van der Waals surface area contributed by atoms with Crippen LogP contribution in [-0.4, -0.2) is 164 Å². The van der Waals surface area contributed by atoms with Gasteiger partial charge in [-0.05, 0) is 79.0 Å². The maximum absolute atomic E-state index is 15.6. The van der Waals surface area contributed by atoms with Crippen LogP contribution < -0.4 is 38.5 Å². The van der Waals surface area contributed by atoms with Gasteiger partial charge in [0.05, 0.1) is 13.0 Å².